The van der Waals surface area contributed by atoms with E-state index in [1.165, 1.54) is 0 Å². The minimum absolute atomic E-state index is 0.0249. The summed E-state index contributed by atoms with van der Waals surface area (Å²) in [4.78, 5) is 0. The fraction of sp³-hybridized carbons (Fsp3) is 0.455. The Morgan fingerprint density at radius 2 is 2.47 bits per heavy atom. The number of aliphatic hydroxyl groups excluding tert-OH is 1. The average molecular weight is 209 g/mol. The predicted molar refractivity (Wildman–Crippen MR) is 56.3 cm³/mol. The highest BCUT2D eigenvalue weighted by atomic mass is 16.5. The molecular formula is C11H15NO3. The van der Waals surface area contributed by atoms with Gasteiger partial charge in [0, 0.05) is 11.6 Å². The first-order valence-corrected chi connectivity index (χ1v) is 5.03. The van der Waals surface area contributed by atoms with Crippen molar-refractivity contribution in [3.8, 4) is 11.5 Å². The maximum Gasteiger partial charge on any atom is 0.127 e. The third kappa shape index (κ3) is 2.06. The van der Waals surface area contributed by atoms with Crippen molar-refractivity contribution >= 4 is 0 Å². The van der Waals surface area contributed by atoms with Gasteiger partial charge in [-0.2, -0.15) is 0 Å². The summed E-state index contributed by atoms with van der Waals surface area (Å²) in [5, 5.41) is 11.8. The number of ether oxygens (including phenoxy) is 2. The smallest absolute Gasteiger partial charge is 0.127 e. The van der Waals surface area contributed by atoms with Gasteiger partial charge in [-0.15, -0.1) is 0 Å². The van der Waals surface area contributed by atoms with Crippen LogP contribution >= 0.6 is 0 Å². The minimum Gasteiger partial charge on any atom is -0.491 e. The molecular weight excluding hydrogens is 194 g/mol. The van der Waals surface area contributed by atoms with Gasteiger partial charge in [-0.3, -0.25) is 0 Å². The summed E-state index contributed by atoms with van der Waals surface area (Å²) in [5.74, 6) is 1.60. The van der Waals surface area contributed by atoms with Crippen LogP contribution in [-0.2, 0) is 0 Å². The van der Waals surface area contributed by atoms with Crippen LogP contribution in [0.2, 0.25) is 0 Å². The summed E-state index contributed by atoms with van der Waals surface area (Å²) >= 11 is 0. The zero-order chi connectivity index (χ0) is 10.7. The Kier molecular flexibility index (Phi) is 3.08. The Morgan fingerprint density at radius 3 is 3.20 bits per heavy atom. The lowest BCUT2D eigenvalue weighted by molar-refractivity contribution is 0.201. The summed E-state index contributed by atoms with van der Waals surface area (Å²) in [5.41, 5.74) is 1.16. The zero-order valence-corrected chi connectivity index (χ0v) is 8.69. The predicted octanol–water partition coefficient (Wildman–Crippen LogP) is 0.711. The largest absolute Gasteiger partial charge is 0.491 e. The Bertz CT molecular complexity index is 341. The topological polar surface area (TPSA) is 50.7 Å². The number of hydrogen-bond donors (Lipinski definition) is 2. The van der Waals surface area contributed by atoms with E-state index < -0.39 is 0 Å². The highest BCUT2D eigenvalue weighted by Crippen LogP contribution is 2.34. The van der Waals surface area contributed by atoms with E-state index in [0.29, 0.717) is 13.2 Å². The molecule has 1 aliphatic heterocycles. The quantitative estimate of drug-likeness (QED) is 0.767. The van der Waals surface area contributed by atoms with Crippen molar-refractivity contribution < 1.29 is 14.6 Å². The number of nitrogens with one attached hydrogen (secondary N) is 1. The molecule has 82 valence electrons. The Hall–Kier alpha value is -1.26. The lowest BCUT2D eigenvalue weighted by Gasteiger charge is -2.07. The van der Waals surface area contributed by atoms with Crippen molar-refractivity contribution in [3.05, 3.63) is 23.8 Å². The fourth-order valence-corrected chi connectivity index (χ4v) is 1.68. The van der Waals surface area contributed by atoms with Crippen molar-refractivity contribution in [3.63, 3.8) is 0 Å². The second-order valence-corrected chi connectivity index (χ2v) is 3.42. The number of benzene rings is 1. The second kappa shape index (κ2) is 4.51. The zero-order valence-electron chi connectivity index (χ0n) is 8.69. The molecule has 1 atom stereocenters. The van der Waals surface area contributed by atoms with Crippen LogP contribution in [0.1, 0.15) is 11.6 Å². The van der Waals surface area contributed by atoms with Crippen molar-refractivity contribution in [1.29, 1.82) is 0 Å². The summed E-state index contributed by atoms with van der Waals surface area (Å²) in [6.45, 7) is 1.00. The van der Waals surface area contributed by atoms with Crippen LogP contribution in [0, 0.1) is 0 Å². The molecule has 2 N–H and O–H groups in total. The minimum atomic E-state index is 0.0249. The molecule has 0 bridgehead atoms. The Balaban J connectivity index is 2.14. The van der Waals surface area contributed by atoms with Gasteiger partial charge in [0.05, 0.1) is 12.6 Å². The molecule has 0 spiro atoms. The fourth-order valence-electron chi connectivity index (χ4n) is 1.68. The van der Waals surface area contributed by atoms with Crippen LogP contribution in [0.4, 0.5) is 0 Å². The van der Waals surface area contributed by atoms with Crippen LogP contribution in [0.25, 0.3) is 0 Å². The molecule has 4 nitrogen and oxygen atoms in total. The monoisotopic (exact) mass is 209 g/mol. The standard InChI is InChI=1S/C11H15NO3/c1-12-10-7-15-11-6-8(14-5-4-13)2-3-9(10)11/h2-3,6,10,12-13H,4-5,7H2,1H3. The third-order valence-electron chi connectivity index (χ3n) is 2.47. The van der Waals surface area contributed by atoms with Gasteiger partial charge >= 0.3 is 0 Å². The molecule has 2 rings (SSSR count). The normalized spacial score (nSPS) is 18.4. The highest BCUT2D eigenvalue weighted by molar-refractivity contribution is 5.44. The Labute approximate surface area is 88.8 Å². The summed E-state index contributed by atoms with van der Waals surface area (Å²) < 4.78 is 10.8. The maximum absolute atomic E-state index is 8.63. The molecule has 0 saturated heterocycles. The highest BCUT2D eigenvalue weighted by Gasteiger charge is 2.22. The first kappa shape index (κ1) is 10.3. The molecule has 0 radical (unpaired) electrons. The van der Waals surface area contributed by atoms with E-state index in [9.17, 15) is 0 Å². The molecule has 0 amide bonds. The van der Waals surface area contributed by atoms with Crippen molar-refractivity contribution in [2.45, 2.75) is 6.04 Å². The molecule has 1 unspecified atom stereocenters. The molecule has 1 aliphatic rings. The van der Waals surface area contributed by atoms with Crippen LogP contribution in [-0.4, -0.2) is 32.0 Å². The summed E-state index contributed by atoms with van der Waals surface area (Å²) in [7, 11) is 1.92. The molecule has 0 aliphatic carbocycles. The van der Waals surface area contributed by atoms with E-state index in [4.69, 9.17) is 14.6 Å². The van der Waals surface area contributed by atoms with Crippen molar-refractivity contribution in [2.24, 2.45) is 0 Å². The lowest BCUT2D eigenvalue weighted by atomic mass is 10.1. The SMILES string of the molecule is CNC1COc2cc(OCCO)ccc21. The number of rotatable bonds is 4. The first-order valence-electron chi connectivity index (χ1n) is 5.03. The number of likely N-dealkylation sites (N-methyl/N-ethyl adjacent to an activating group) is 1. The van der Waals surface area contributed by atoms with Crippen LogP contribution in [0.3, 0.4) is 0 Å². The van der Waals surface area contributed by atoms with Gasteiger partial charge in [-0.05, 0) is 19.2 Å². The van der Waals surface area contributed by atoms with E-state index >= 15 is 0 Å². The van der Waals surface area contributed by atoms with Gasteiger partial charge in [-0.1, -0.05) is 0 Å². The van der Waals surface area contributed by atoms with E-state index in [1.807, 2.05) is 25.2 Å². The van der Waals surface area contributed by atoms with Gasteiger partial charge in [-0.25, -0.2) is 0 Å². The van der Waals surface area contributed by atoms with Gasteiger partial charge in [0.15, 0.2) is 0 Å². The van der Waals surface area contributed by atoms with Crippen LogP contribution in [0.15, 0.2) is 18.2 Å². The molecule has 15 heavy (non-hydrogen) atoms. The van der Waals surface area contributed by atoms with Crippen LogP contribution in [0.5, 0.6) is 11.5 Å². The average Bonchev–Trinajstić information content (AvgIpc) is 2.68. The van der Waals surface area contributed by atoms with Crippen molar-refractivity contribution in [1.82, 2.24) is 5.32 Å². The Morgan fingerprint density at radius 1 is 1.60 bits per heavy atom. The van der Waals surface area contributed by atoms with Crippen LogP contribution < -0.4 is 14.8 Å². The van der Waals surface area contributed by atoms with Crippen molar-refractivity contribution in [2.75, 3.05) is 26.9 Å². The summed E-state index contributed by atoms with van der Waals surface area (Å²) in [6, 6.07) is 6.03. The molecule has 1 aromatic rings. The lowest BCUT2D eigenvalue weighted by Crippen LogP contribution is -2.17. The molecule has 4 heteroatoms. The maximum atomic E-state index is 8.63. The molecule has 0 fully saturated rings. The van der Waals surface area contributed by atoms with Gasteiger partial charge in [0.25, 0.3) is 0 Å². The molecule has 1 aromatic carbocycles. The van der Waals surface area contributed by atoms with Gasteiger partial charge in [0.1, 0.15) is 24.7 Å². The molecule has 0 aromatic heterocycles. The van der Waals surface area contributed by atoms with Gasteiger partial charge < -0.3 is 19.9 Å². The first-order chi connectivity index (χ1) is 7.35. The third-order valence-corrected chi connectivity index (χ3v) is 2.47. The summed E-state index contributed by atoms with van der Waals surface area (Å²) in [6.07, 6.45) is 0. The molecule has 0 saturated carbocycles. The number of aliphatic hydroxyl groups is 1. The van der Waals surface area contributed by atoms with E-state index in [0.717, 1.165) is 17.1 Å². The van der Waals surface area contributed by atoms with Gasteiger partial charge in [0.2, 0.25) is 0 Å². The second-order valence-electron chi connectivity index (χ2n) is 3.42. The van der Waals surface area contributed by atoms with E-state index in [-0.39, 0.29) is 12.6 Å². The molecule has 1 heterocycles. The van der Waals surface area contributed by atoms with E-state index in [2.05, 4.69) is 5.32 Å². The van der Waals surface area contributed by atoms with E-state index in [1.54, 1.807) is 0 Å². The number of hydrogen-bond acceptors (Lipinski definition) is 4. The number of fused-ring (bicyclic) bond motifs is 1.